The van der Waals surface area contributed by atoms with Gasteiger partial charge in [0, 0.05) is 13.5 Å². The Kier molecular flexibility index (Phi) is 4.42. The molecule has 90 valence electrons. The van der Waals surface area contributed by atoms with Crippen LogP contribution in [-0.4, -0.2) is 27.5 Å². The maximum absolute atomic E-state index is 11.6. The van der Waals surface area contributed by atoms with Gasteiger partial charge in [-0.25, -0.2) is 0 Å². The Balaban J connectivity index is 2.95. The van der Waals surface area contributed by atoms with Gasteiger partial charge >= 0.3 is 16.1 Å². The highest BCUT2D eigenvalue weighted by atomic mass is 32.2. The van der Waals surface area contributed by atoms with Gasteiger partial charge in [-0.1, -0.05) is 0 Å². The summed E-state index contributed by atoms with van der Waals surface area (Å²) in [5.41, 5.74) is 5.14. The number of esters is 1. The Morgan fingerprint density at radius 3 is 2.81 bits per heavy atom. The second kappa shape index (κ2) is 5.39. The summed E-state index contributed by atoms with van der Waals surface area (Å²) >= 11 is 1.00. The molecule has 0 atom stereocenters. The van der Waals surface area contributed by atoms with E-state index in [0.29, 0.717) is 0 Å². The van der Waals surface area contributed by atoms with Gasteiger partial charge in [-0.05, 0) is 11.4 Å². The summed E-state index contributed by atoms with van der Waals surface area (Å²) in [5.74, 6) is -0.585. The lowest BCUT2D eigenvalue weighted by Gasteiger charge is -2.04. The van der Waals surface area contributed by atoms with Crippen molar-refractivity contribution in [3.8, 4) is 5.06 Å². The minimum Gasteiger partial charge on any atom is -0.414 e. The summed E-state index contributed by atoms with van der Waals surface area (Å²) in [6.45, 7) is 1.17. The van der Waals surface area contributed by atoms with Crippen molar-refractivity contribution in [1.29, 1.82) is 0 Å². The van der Waals surface area contributed by atoms with Gasteiger partial charge in [0.1, 0.15) is 4.90 Å². The van der Waals surface area contributed by atoms with E-state index in [2.05, 4.69) is 4.18 Å². The molecule has 6 nitrogen and oxygen atoms in total. The quantitative estimate of drug-likeness (QED) is 0.609. The van der Waals surface area contributed by atoms with E-state index in [0.717, 1.165) is 11.3 Å². The summed E-state index contributed by atoms with van der Waals surface area (Å²) in [7, 11) is -3.90. The predicted molar refractivity (Wildman–Crippen MR) is 57.8 cm³/mol. The molecule has 8 heteroatoms. The van der Waals surface area contributed by atoms with Crippen molar-refractivity contribution in [2.24, 2.45) is 5.73 Å². The number of nitrogens with two attached hydrogens (primary N) is 1. The maximum atomic E-state index is 11.6. The summed E-state index contributed by atoms with van der Waals surface area (Å²) in [5, 5.41) is 1.50. The SMILES string of the molecule is CC(=O)Oc1sccc1S(=O)(=O)OCCN. The van der Waals surface area contributed by atoms with E-state index >= 15 is 0 Å². The van der Waals surface area contributed by atoms with Crippen LogP contribution in [0.25, 0.3) is 0 Å². The Hall–Kier alpha value is -0.960. The fraction of sp³-hybridized carbons (Fsp3) is 0.375. The van der Waals surface area contributed by atoms with Gasteiger partial charge in [-0.3, -0.25) is 8.98 Å². The van der Waals surface area contributed by atoms with Crippen molar-refractivity contribution in [3.63, 3.8) is 0 Å². The largest absolute Gasteiger partial charge is 0.414 e. The molecule has 0 aliphatic heterocycles. The number of hydrogen-bond donors (Lipinski definition) is 1. The molecule has 0 aromatic carbocycles. The van der Waals surface area contributed by atoms with Crippen LogP contribution in [0.15, 0.2) is 16.3 Å². The second-order valence-electron chi connectivity index (χ2n) is 2.73. The van der Waals surface area contributed by atoms with Crippen molar-refractivity contribution >= 4 is 27.4 Å². The molecular weight excluding hydrogens is 254 g/mol. The zero-order valence-corrected chi connectivity index (χ0v) is 10.1. The average Bonchev–Trinajstić information content (AvgIpc) is 2.62. The molecule has 1 aromatic rings. The lowest BCUT2D eigenvalue weighted by Crippen LogP contribution is -2.14. The first-order chi connectivity index (χ1) is 7.47. The third-order valence-electron chi connectivity index (χ3n) is 1.46. The number of rotatable bonds is 5. The van der Waals surface area contributed by atoms with Gasteiger partial charge in [0.05, 0.1) is 6.61 Å². The molecule has 16 heavy (non-hydrogen) atoms. The van der Waals surface area contributed by atoms with Crippen LogP contribution in [0.1, 0.15) is 6.92 Å². The molecule has 1 rings (SSSR count). The van der Waals surface area contributed by atoms with Crippen molar-refractivity contribution in [3.05, 3.63) is 11.4 Å². The number of thiophene rings is 1. The van der Waals surface area contributed by atoms with Crippen LogP contribution in [0.2, 0.25) is 0 Å². The normalized spacial score (nSPS) is 11.4. The van der Waals surface area contributed by atoms with Crippen molar-refractivity contribution in [2.75, 3.05) is 13.2 Å². The first-order valence-corrected chi connectivity index (χ1v) is 6.61. The molecule has 0 aliphatic carbocycles. The molecule has 0 unspecified atom stereocenters. The standard InChI is InChI=1S/C8H11NO5S2/c1-6(10)14-8-7(2-5-15-8)16(11,12)13-4-3-9/h2,5H,3-4,9H2,1H3. The summed E-state index contributed by atoms with van der Waals surface area (Å²) in [6.07, 6.45) is 0. The highest BCUT2D eigenvalue weighted by Gasteiger charge is 2.22. The topological polar surface area (TPSA) is 95.7 Å². The van der Waals surface area contributed by atoms with Crippen LogP contribution in [0.4, 0.5) is 0 Å². The van der Waals surface area contributed by atoms with Crippen LogP contribution < -0.4 is 10.5 Å². The van der Waals surface area contributed by atoms with Gasteiger partial charge in [0.25, 0.3) is 0 Å². The third kappa shape index (κ3) is 3.27. The van der Waals surface area contributed by atoms with Crippen LogP contribution in [-0.2, 0) is 19.1 Å². The summed E-state index contributed by atoms with van der Waals surface area (Å²) in [4.78, 5) is 10.6. The van der Waals surface area contributed by atoms with E-state index in [1.54, 1.807) is 0 Å². The van der Waals surface area contributed by atoms with Crippen LogP contribution in [0, 0.1) is 0 Å². The Bertz CT molecular complexity index is 465. The monoisotopic (exact) mass is 265 g/mol. The molecule has 2 N–H and O–H groups in total. The molecule has 0 amide bonds. The van der Waals surface area contributed by atoms with Gasteiger partial charge in [-0.2, -0.15) is 8.42 Å². The number of carbonyl (C=O) groups is 1. The molecule has 1 aromatic heterocycles. The van der Waals surface area contributed by atoms with Crippen molar-refractivity contribution < 1.29 is 22.1 Å². The van der Waals surface area contributed by atoms with Gasteiger partial charge < -0.3 is 10.5 Å². The van der Waals surface area contributed by atoms with E-state index in [1.807, 2.05) is 0 Å². The molecule has 0 radical (unpaired) electrons. The van der Waals surface area contributed by atoms with E-state index in [1.165, 1.54) is 18.4 Å². The first-order valence-electron chi connectivity index (χ1n) is 4.33. The number of ether oxygens (including phenoxy) is 1. The first kappa shape index (κ1) is 13.1. The molecule has 0 aliphatic rings. The smallest absolute Gasteiger partial charge is 0.308 e. The number of hydrogen-bond acceptors (Lipinski definition) is 7. The number of carbonyl (C=O) groups excluding carboxylic acids is 1. The third-order valence-corrected chi connectivity index (χ3v) is 3.71. The maximum Gasteiger partial charge on any atom is 0.308 e. The van der Waals surface area contributed by atoms with Crippen molar-refractivity contribution in [1.82, 2.24) is 0 Å². The van der Waals surface area contributed by atoms with E-state index in [4.69, 9.17) is 10.5 Å². The molecule has 0 saturated heterocycles. The van der Waals surface area contributed by atoms with Crippen LogP contribution in [0.5, 0.6) is 5.06 Å². The zero-order valence-electron chi connectivity index (χ0n) is 8.50. The lowest BCUT2D eigenvalue weighted by atomic mass is 10.6. The Labute approximate surface area is 97.1 Å². The molecular formula is C8H11NO5S2. The Morgan fingerprint density at radius 1 is 1.56 bits per heavy atom. The fourth-order valence-electron chi connectivity index (χ4n) is 0.895. The predicted octanol–water partition coefficient (Wildman–Crippen LogP) is 0.337. The van der Waals surface area contributed by atoms with E-state index in [-0.39, 0.29) is 23.1 Å². The Morgan fingerprint density at radius 2 is 2.25 bits per heavy atom. The second-order valence-corrected chi connectivity index (χ2v) is 5.19. The summed E-state index contributed by atoms with van der Waals surface area (Å²) in [6, 6.07) is 1.31. The zero-order chi connectivity index (χ0) is 12.2. The lowest BCUT2D eigenvalue weighted by molar-refractivity contribution is -0.131. The molecule has 1 heterocycles. The minimum absolute atomic E-state index is 0.00419. The molecule has 0 fully saturated rings. The molecule has 0 saturated carbocycles. The van der Waals surface area contributed by atoms with Gasteiger partial charge in [-0.15, -0.1) is 11.3 Å². The van der Waals surface area contributed by atoms with Crippen LogP contribution in [0.3, 0.4) is 0 Å². The van der Waals surface area contributed by atoms with E-state index < -0.39 is 16.1 Å². The highest BCUT2D eigenvalue weighted by Crippen LogP contribution is 2.31. The molecule has 0 spiro atoms. The van der Waals surface area contributed by atoms with Gasteiger partial charge in [0.15, 0.2) is 0 Å². The van der Waals surface area contributed by atoms with Gasteiger partial charge in [0.2, 0.25) is 5.06 Å². The highest BCUT2D eigenvalue weighted by molar-refractivity contribution is 7.87. The fourth-order valence-corrected chi connectivity index (χ4v) is 3.03. The van der Waals surface area contributed by atoms with Crippen molar-refractivity contribution in [2.45, 2.75) is 11.8 Å². The molecule has 0 bridgehead atoms. The minimum atomic E-state index is -3.90. The van der Waals surface area contributed by atoms with Crippen LogP contribution >= 0.6 is 11.3 Å². The van der Waals surface area contributed by atoms with E-state index in [9.17, 15) is 13.2 Å². The average molecular weight is 265 g/mol. The summed E-state index contributed by atoms with van der Waals surface area (Å²) < 4.78 is 32.5.